The molecule has 3 N–H and O–H groups in total. The van der Waals surface area contributed by atoms with Gasteiger partial charge in [0, 0.05) is 5.69 Å². The Labute approximate surface area is 122 Å². The molecule has 8 heteroatoms. The molecule has 1 aromatic rings. The molecule has 0 unspecified atom stereocenters. The van der Waals surface area contributed by atoms with Gasteiger partial charge in [-0.25, -0.2) is 13.6 Å². The topological polar surface area (TPSA) is 116 Å². The first-order valence-electron chi connectivity index (χ1n) is 6.36. The van der Waals surface area contributed by atoms with Crippen LogP contribution in [0.3, 0.4) is 0 Å². The Morgan fingerprint density at radius 3 is 2.38 bits per heavy atom. The number of benzene rings is 1. The largest absolute Gasteiger partial charge is 0.455 e. The SMILES string of the molecule is C[C@H]1C[C@@H]1C(=O)OCC(=O)Nc1ccc(S(N)(=O)=O)cc1. The zero-order valence-electron chi connectivity index (χ0n) is 11.4. The number of hydrogen-bond donors (Lipinski definition) is 2. The van der Waals surface area contributed by atoms with Crippen LogP contribution in [-0.4, -0.2) is 26.9 Å². The summed E-state index contributed by atoms with van der Waals surface area (Å²) in [5.74, 6) is -0.611. The van der Waals surface area contributed by atoms with Gasteiger partial charge in [-0.05, 0) is 36.6 Å². The number of carbonyl (C=O) groups is 2. The summed E-state index contributed by atoms with van der Waals surface area (Å²) in [7, 11) is -3.76. The Balaban J connectivity index is 1.84. The third kappa shape index (κ3) is 4.27. The van der Waals surface area contributed by atoms with Crippen LogP contribution >= 0.6 is 0 Å². The van der Waals surface area contributed by atoms with Crippen LogP contribution in [0.5, 0.6) is 0 Å². The number of esters is 1. The van der Waals surface area contributed by atoms with E-state index in [1.807, 2.05) is 6.92 Å². The minimum atomic E-state index is -3.76. The maximum Gasteiger partial charge on any atom is 0.309 e. The number of ether oxygens (including phenoxy) is 1. The second-order valence-electron chi connectivity index (χ2n) is 5.04. The fraction of sp³-hybridized carbons (Fsp3) is 0.385. The van der Waals surface area contributed by atoms with E-state index in [0.717, 1.165) is 6.42 Å². The molecule has 0 spiro atoms. The van der Waals surface area contributed by atoms with Gasteiger partial charge in [-0.1, -0.05) is 6.92 Å². The van der Waals surface area contributed by atoms with Crippen LogP contribution in [0.15, 0.2) is 29.2 Å². The summed E-state index contributed by atoms with van der Waals surface area (Å²) in [5, 5.41) is 7.46. The molecule has 0 bridgehead atoms. The highest BCUT2D eigenvalue weighted by Gasteiger charge is 2.40. The zero-order chi connectivity index (χ0) is 15.6. The van der Waals surface area contributed by atoms with Crippen molar-refractivity contribution in [2.24, 2.45) is 17.0 Å². The normalized spacial score (nSPS) is 20.7. The highest BCUT2D eigenvalue weighted by atomic mass is 32.2. The number of nitrogens with two attached hydrogens (primary N) is 1. The third-order valence-electron chi connectivity index (χ3n) is 3.22. The molecule has 21 heavy (non-hydrogen) atoms. The van der Waals surface area contributed by atoms with Gasteiger partial charge in [-0.3, -0.25) is 9.59 Å². The summed E-state index contributed by atoms with van der Waals surface area (Å²) in [6.07, 6.45) is 0.801. The number of primary sulfonamides is 1. The predicted octanol–water partition coefficient (Wildman–Crippen LogP) is 0.472. The monoisotopic (exact) mass is 312 g/mol. The molecule has 114 valence electrons. The first kappa shape index (κ1) is 15.5. The minimum absolute atomic E-state index is 0.0466. The van der Waals surface area contributed by atoms with E-state index in [4.69, 9.17) is 9.88 Å². The Hall–Kier alpha value is -1.93. The number of rotatable bonds is 5. The van der Waals surface area contributed by atoms with Crippen molar-refractivity contribution in [1.29, 1.82) is 0 Å². The molecule has 7 nitrogen and oxygen atoms in total. The third-order valence-corrected chi connectivity index (χ3v) is 4.15. The summed E-state index contributed by atoms with van der Waals surface area (Å²) in [6, 6.07) is 5.37. The van der Waals surface area contributed by atoms with E-state index >= 15 is 0 Å². The van der Waals surface area contributed by atoms with Gasteiger partial charge in [-0.2, -0.15) is 0 Å². The van der Waals surface area contributed by atoms with Gasteiger partial charge in [0.05, 0.1) is 10.8 Å². The molecule has 0 aromatic heterocycles. The summed E-state index contributed by atoms with van der Waals surface area (Å²) in [4.78, 5) is 23.0. The summed E-state index contributed by atoms with van der Waals surface area (Å²) >= 11 is 0. The van der Waals surface area contributed by atoms with E-state index in [2.05, 4.69) is 5.32 Å². The van der Waals surface area contributed by atoms with Gasteiger partial charge in [0.25, 0.3) is 5.91 Å². The van der Waals surface area contributed by atoms with Crippen LogP contribution < -0.4 is 10.5 Å². The Morgan fingerprint density at radius 1 is 1.33 bits per heavy atom. The lowest BCUT2D eigenvalue weighted by atomic mass is 10.3. The lowest BCUT2D eigenvalue weighted by Gasteiger charge is -2.07. The van der Waals surface area contributed by atoms with E-state index in [0.29, 0.717) is 11.6 Å². The molecule has 0 aliphatic heterocycles. The molecular formula is C13H16N2O5S. The Morgan fingerprint density at radius 2 is 1.90 bits per heavy atom. The summed E-state index contributed by atoms with van der Waals surface area (Å²) in [6.45, 7) is 1.58. The lowest BCUT2D eigenvalue weighted by Crippen LogP contribution is -2.21. The number of amides is 1. The number of carbonyl (C=O) groups excluding carboxylic acids is 2. The maximum atomic E-state index is 11.6. The molecule has 1 aliphatic rings. The van der Waals surface area contributed by atoms with Crippen molar-refractivity contribution < 1.29 is 22.7 Å². The first-order valence-corrected chi connectivity index (χ1v) is 7.91. The van der Waals surface area contributed by atoms with Gasteiger partial charge < -0.3 is 10.1 Å². The molecule has 1 aliphatic carbocycles. The zero-order valence-corrected chi connectivity index (χ0v) is 12.2. The van der Waals surface area contributed by atoms with Gasteiger partial charge in [0.1, 0.15) is 0 Å². The fourth-order valence-corrected chi connectivity index (χ4v) is 2.33. The lowest BCUT2D eigenvalue weighted by molar-refractivity contribution is -0.148. The molecular weight excluding hydrogens is 296 g/mol. The highest BCUT2D eigenvalue weighted by Crippen LogP contribution is 2.38. The molecule has 0 heterocycles. The quantitative estimate of drug-likeness (QED) is 0.767. The van der Waals surface area contributed by atoms with Gasteiger partial charge in [-0.15, -0.1) is 0 Å². The molecule has 2 atom stereocenters. The van der Waals surface area contributed by atoms with E-state index < -0.39 is 15.9 Å². The predicted molar refractivity (Wildman–Crippen MR) is 74.7 cm³/mol. The number of nitrogens with one attached hydrogen (secondary N) is 1. The van der Waals surface area contributed by atoms with Gasteiger partial charge >= 0.3 is 5.97 Å². The Bertz CT molecular complexity index is 654. The molecule has 0 saturated heterocycles. The molecule has 1 amide bonds. The molecule has 1 saturated carbocycles. The van der Waals surface area contributed by atoms with Crippen molar-refractivity contribution in [3.05, 3.63) is 24.3 Å². The number of sulfonamides is 1. The minimum Gasteiger partial charge on any atom is -0.455 e. The van der Waals surface area contributed by atoms with Crippen molar-refractivity contribution in [3.8, 4) is 0 Å². The van der Waals surface area contributed by atoms with Crippen molar-refractivity contribution >= 4 is 27.6 Å². The molecule has 2 rings (SSSR count). The maximum absolute atomic E-state index is 11.6. The van der Waals surface area contributed by atoms with Crippen LogP contribution in [0.25, 0.3) is 0 Å². The number of anilines is 1. The van der Waals surface area contributed by atoms with E-state index in [1.165, 1.54) is 24.3 Å². The van der Waals surface area contributed by atoms with Gasteiger partial charge in [0.15, 0.2) is 6.61 Å². The van der Waals surface area contributed by atoms with E-state index in [9.17, 15) is 18.0 Å². The first-order chi connectivity index (χ1) is 9.77. The fourth-order valence-electron chi connectivity index (χ4n) is 1.82. The van der Waals surface area contributed by atoms with E-state index in [1.54, 1.807) is 0 Å². The second-order valence-corrected chi connectivity index (χ2v) is 6.61. The van der Waals surface area contributed by atoms with Gasteiger partial charge in [0.2, 0.25) is 10.0 Å². The molecule has 1 fully saturated rings. The number of hydrogen-bond acceptors (Lipinski definition) is 5. The van der Waals surface area contributed by atoms with Crippen molar-refractivity contribution in [2.75, 3.05) is 11.9 Å². The van der Waals surface area contributed by atoms with Crippen LogP contribution in [-0.2, 0) is 24.3 Å². The van der Waals surface area contributed by atoms with Crippen LogP contribution in [0, 0.1) is 11.8 Å². The molecule has 1 aromatic carbocycles. The Kier molecular flexibility index (Phi) is 4.29. The average Bonchev–Trinajstić information content (AvgIpc) is 3.13. The highest BCUT2D eigenvalue weighted by molar-refractivity contribution is 7.89. The van der Waals surface area contributed by atoms with Crippen LogP contribution in [0.2, 0.25) is 0 Å². The van der Waals surface area contributed by atoms with E-state index in [-0.39, 0.29) is 23.4 Å². The average molecular weight is 312 g/mol. The van der Waals surface area contributed by atoms with Crippen molar-refractivity contribution in [2.45, 2.75) is 18.2 Å². The smallest absolute Gasteiger partial charge is 0.309 e. The standard InChI is InChI=1S/C13H16N2O5S/c1-8-6-11(8)13(17)20-7-12(16)15-9-2-4-10(5-3-9)21(14,18)19/h2-5,8,11H,6-7H2,1H3,(H,15,16)(H2,14,18,19)/t8-,11-/m0/s1. The van der Waals surface area contributed by atoms with Crippen molar-refractivity contribution in [3.63, 3.8) is 0 Å². The van der Waals surface area contributed by atoms with Crippen molar-refractivity contribution in [1.82, 2.24) is 0 Å². The summed E-state index contributed by atoms with van der Waals surface area (Å²) < 4.78 is 27.0. The second kappa shape index (κ2) is 5.82. The molecule has 0 radical (unpaired) electrons. The summed E-state index contributed by atoms with van der Waals surface area (Å²) in [5.41, 5.74) is 0.392. The van der Waals surface area contributed by atoms with Crippen LogP contribution in [0.1, 0.15) is 13.3 Å². The van der Waals surface area contributed by atoms with Crippen LogP contribution in [0.4, 0.5) is 5.69 Å².